The lowest BCUT2D eigenvalue weighted by Gasteiger charge is -2.20. The predicted molar refractivity (Wildman–Crippen MR) is 98.0 cm³/mol. The van der Waals surface area contributed by atoms with Crippen molar-refractivity contribution in [2.75, 3.05) is 25.0 Å². The maximum absolute atomic E-state index is 13.5. The molecule has 1 aromatic carbocycles. The number of benzene rings is 1. The lowest BCUT2D eigenvalue weighted by Crippen LogP contribution is -2.37. The molecule has 0 aliphatic carbocycles. The molecule has 0 radical (unpaired) electrons. The second-order valence-corrected chi connectivity index (χ2v) is 7.31. The van der Waals surface area contributed by atoms with Gasteiger partial charge in [-0.15, -0.1) is 0 Å². The number of aromatic nitrogens is 1. The molecular weight excluding hydrogens is 375 g/mol. The van der Waals surface area contributed by atoms with Crippen LogP contribution >= 0.6 is 0 Å². The van der Waals surface area contributed by atoms with E-state index in [0.717, 1.165) is 5.56 Å². The van der Waals surface area contributed by atoms with Crippen LogP contribution in [0.2, 0.25) is 0 Å². The van der Waals surface area contributed by atoms with Gasteiger partial charge < -0.3 is 19.4 Å². The molecule has 6 nitrogen and oxygen atoms in total. The molecule has 1 aromatic heterocycles. The van der Waals surface area contributed by atoms with Gasteiger partial charge in [0.15, 0.2) is 5.58 Å². The normalized spacial score (nSPS) is 20.3. The van der Waals surface area contributed by atoms with Gasteiger partial charge in [-0.3, -0.25) is 4.79 Å². The molecule has 0 bridgehead atoms. The Morgan fingerprint density at radius 1 is 1.39 bits per heavy atom. The van der Waals surface area contributed by atoms with Crippen molar-refractivity contribution < 1.29 is 27.1 Å². The van der Waals surface area contributed by atoms with Gasteiger partial charge in [0.1, 0.15) is 5.52 Å². The SMILES string of the molecule is Cc1cccc2nc(N[C@@H]3CN(C(=O)CCOC(C)C)C[C@H]3C(F)(F)F)oc12. The van der Waals surface area contributed by atoms with Gasteiger partial charge in [-0.25, -0.2) is 0 Å². The first-order chi connectivity index (χ1) is 13.1. The van der Waals surface area contributed by atoms with Crippen molar-refractivity contribution in [1.29, 1.82) is 0 Å². The van der Waals surface area contributed by atoms with Crippen LogP contribution in [0.1, 0.15) is 25.8 Å². The maximum atomic E-state index is 13.5. The zero-order chi connectivity index (χ0) is 20.5. The lowest BCUT2D eigenvalue weighted by molar-refractivity contribution is -0.172. The topological polar surface area (TPSA) is 67.6 Å². The summed E-state index contributed by atoms with van der Waals surface area (Å²) in [6, 6.07) is 4.38. The molecule has 3 rings (SSSR count). The first-order valence-corrected chi connectivity index (χ1v) is 9.24. The minimum atomic E-state index is -4.44. The number of fused-ring (bicyclic) bond motifs is 1. The Hall–Kier alpha value is -2.29. The van der Waals surface area contributed by atoms with Crippen molar-refractivity contribution in [3.05, 3.63) is 23.8 Å². The van der Waals surface area contributed by atoms with Crippen LogP contribution in [-0.4, -0.2) is 53.8 Å². The van der Waals surface area contributed by atoms with Gasteiger partial charge in [-0.05, 0) is 32.4 Å². The molecule has 2 aromatic rings. The second kappa shape index (κ2) is 7.98. The summed E-state index contributed by atoms with van der Waals surface area (Å²) in [6.07, 6.45) is -4.42. The summed E-state index contributed by atoms with van der Waals surface area (Å²) < 4.78 is 51.5. The average molecular weight is 399 g/mol. The highest BCUT2D eigenvalue weighted by Crippen LogP contribution is 2.36. The number of anilines is 1. The number of para-hydroxylation sites is 1. The number of rotatable bonds is 6. The number of halogens is 3. The molecule has 0 saturated carbocycles. The molecule has 0 unspecified atom stereocenters. The zero-order valence-corrected chi connectivity index (χ0v) is 16.0. The van der Waals surface area contributed by atoms with Crippen molar-refractivity contribution >= 4 is 23.0 Å². The Morgan fingerprint density at radius 3 is 2.79 bits per heavy atom. The molecule has 28 heavy (non-hydrogen) atoms. The van der Waals surface area contributed by atoms with Crippen molar-refractivity contribution in [2.24, 2.45) is 5.92 Å². The molecule has 0 spiro atoms. The monoisotopic (exact) mass is 399 g/mol. The summed E-state index contributed by atoms with van der Waals surface area (Å²) in [6.45, 7) is 5.24. The highest BCUT2D eigenvalue weighted by atomic mass is 19.4. The maximum Gasteiger partial charge on any atom is 0.395 e. The van der Waals surface area contributed by atoms with Gasteiger partial charge in [0.2, 0.25) is 5.91 Å². The molecule has 9 heteroatoms. The van der Waals surface area contributed by atoms with E-state index in [0.29, 0.717) is 11.1 Å². The van der Waals surface area contributed by atoms with Crippen LogP contribution < -0.4 is 5.32 Å². The number of oxazole rings is 1. The van der Waals surface area contributed by atoms with Crippen LogP contribution in [0.15, 0.2) is 22.6 Å². The number of carbonyl (C=O) groups is 1. The zero-order valence-electron chi connectivity index (χ0n) is 16.0. The fraction of sp³-hybridized carbons (Fsp3) is 0.579. The molecular formula is C19H24F3N3O3. The van der Waals surface area contributed by atoms with Gasteiger partial charge in [0, 0.05) is 13.1 Å². The van der Waals surface area contributed by atoms with Gasteiger partial charge >= 0.3 is 6.18 Å². The number of amides is 1. The third-order valence-corrected chi connectivity index (χ3v) is 4.78. The summed E-state index contributed by atoms with van der Waals surface area (Å²) in [5.74, 6) is -2.05. The third kappa shape index (κ3) is 4.57. The van der Waals surface area contributed by atoms with Gasteiger partial charge in [-0.1, -0.05) is 12.1 Å². The van der Waals surface area contributed by atoms with Crippen molar-refractivity contribution in [2.45, 2.75) is 45.5 Å². The number of hydrogen-bond acceptors (Lipinski definition) is 5. The van der Waals surface area contributed by atoms with E-state index in [-0.39, 0.29) is 44.1 Å². The highest BCUT2D eigenvalue weighted by molar-refractivity contribution is 5.78. The van der Waals surface area contributed by atoms with Crippen LogP contribution in [0.3, 0.4) is 0 Å². The van der Waals surface area contributed by atoms with Crippen LogP contribution in [0.5, 0.6) is 0 Å². The number of aryl methyl sites for hydroxylation is 1. The summed E-state index contributed by atoms with van der Waals surface area (Å²) in [7, 11) is 0. The van der Waals surface area contributed by atoms with E-state index in [1.54, 1.807) is 12.1 Å². The van der Waals surface area contributed by atoms with Gasteiger partial charge in [0.05, 0.1) is 31.1 Å². The van der Waals surface area contributed by atoms with E-state index in [9.17, 15) is 18.0 Å². The van der Waals surface area contributed by atoms with E-state index in [4.69, 9.17) is 9.15 Å². The Kier molecular flexibility index (Phi) is 5.83. The molecule has 154 valence electrons. The number of ether oxygens (including phenoxy) is 1. The van der Waals surface area contributed by atoms with Crippen LogP contribution in [0, 0.1) is 12.8 Å². The molecule has 1 N–H and O–H groups in total. The number of carbonyl (C=O) groups excluding carboxylic acids is 1. The standard InChI is InChI=1S/C19H24F3N3O3/c1-11(2)27-8-7-16(26)25-9-13(19(20,21)22)15(10-25)24-18-23-14-6-4-5-12(3)17(14)28-18/h4-6,11,13,15H,7-10H2,1-3H3,(H,23,24)/t13-,15-/m1/s1. The van der Waals surface area contributed by atoms with Gasteiger partial charge in [0.25, 0.3) is 6.01 Å². The van der Waals surface area contributed by atoms with E-state index in [2.05, 4.69) is 10.3 Å². The summed E-state index contributed by atoms with van der Waals surface area (Å²) in [5.41, 5.74) is 1.95. The van der Waals surface area contributed by atoms with E-state index >= 15 is 0 Å². The fourth-order valence-corrected chi connectivity index (χ4v) is 3.33. The molecule has 1 fully saturated rings. The average Bonchev–Trinajstić information content (AvgIpc) is 3.19. The van der Waals surface area contributed by atoms with E-state index in [1.807, 2.05) is 26.8 Å². The predicted octanol–water partition coefficient (Wildman–Crippen LogP) is 3.75. The van der Waals surface area contributed by atoms with Crippen LogP contribution in [-0.2, 0) is 9.53 Å². The summed E-state index contributed by atoms with van der Waals surface area (Å²) in [5, 5.41) is 2.75. The largest absolute Gasteiger partial charge is 0.423 e. The molecule has 1 amide bonds. The van der Waals surface area contributed by atoms with E-state index < -0.39 is 18.1 Å². The number of alkyl halides is 3. The number of nitrogens with one attached hydrogen (secondary N) is 1. The number of likely N-dealkylation sites (tertiary alicyclic amines) is 1. The minimum Gasteiger partial charge on any atom is -0.423 e. The number of nitrogens with zero attached hydrogens (tertiary/aromatic N) is 2. The minimum absolute atomic E-state index is 0.0287. The first-order valence-electron chi connectivity index (χ1n) is 9.24. The molecule has 1 aliphatic rings. The summed E-state index contributed by atoms with van der Waals surface area (Å²) in [4.78, 5) is 17.7. The van der Waals surface area contributed by atoms with Crippen molar-refractivity contribution in [3.63, 3.8) is 0 Å². The Labute approximate surface area is 161 Å². The smallest absolute Gasteiger partial charge is 0.395 e. The Balaban J connectivity index is 1.72. The first kappa shape index (κ1) is 20.4. The van der Waals surface area contributed by atoms with Crippen molar-refractivity contribution in [1.82, 2.24) is 9.88 Å². The molecule has 2 heterocycles. The van der Waals surface area contributed by atoms with Crippen LogP contribution in [0.25, 0.3) is 11.1 Å². The van der Waals surface area contributed by atoms with Crippen molar-refractivity contribution in [3.8, 4) is 0 Å². The van der Waals surface area contributed by atoms with E-state index in [1.165, 1.54) is 4.90 Å². The molecule has 2 atom stereocenters. The Morgan fingerprint density at radius 2 is 2.14 bits per heavy atom. The lowest BCUT2D eigenvalue weighted by atomic mass is 10.0. The second-order valence-electron chi connectivity index (χ2n) is 7.31. The quantitative estimate of drug-likeness (QED) is 0.801. The fourth-order valence-electron chi connectivity index (χ4n) is 3.33. The Bertz CT molecular complexity index is 835. The van der Waals surface area contributed by atoms with Gasteiger partial charge in [-0.2, -0.15) is 18.2 Å². The number of hydrogen-bond donors (Lipinski definition) is 1. The third-order valence-electron chi connectivity index (χ3n) is 4.78. The van der Waals surface area contributed by atoms with Crippen LogP contribution in [0.4, 0.5) is 19.2 Å². The molecule has 1 saturated heterocycles. The molecule has 1 aliphatic heterocycles. The highest BCUT2D eigenvalue weighted by Gasteiger charge is 2.51. The summed E-state index contributed by atoms with van der Waals surface area (Å²) >= 11 is 0.